The topological polar surface area (TPSA) is 114 Å². The Morgan fingerprint density at radius 1 is 1.35 bits per heavy atom. The summed E-state index contributed by atoms with van der Waals surface area (Å²) in [5.74, 6) is -2.25. The Morgan fingerprint density at radius 3 is 2.58 bits per heavy atom. The van der Waals surface area contributed by atoms with E-state index in [0.29, 0.717) is 6.54 Å². The van der Waals surface area contributed by atoms with Crippen LogP contribution in [0.1, 0.15) is 20.8 Å². The minimum absolute atomic E-state index is 0.112. The number of carbonyl (C=O) groups excluding carboxylic acids is 3. The van der Waals surface area contributed by atoms with Crippen molar-refractivity contribution in [1.82, 2.24) is 4.90 Å². The molecule has 0 bridgehead atoms. The fourth-order valence-electron chi connectivity index (χ4n) is 3.37. The van der Waals surface area contributed by atoms with E-state index in [4.69, 9.17) is 10.5 Å². The molecular formula is C20H28F2N4O5. The minimum atomic E-state index is -3.14. The summed E-state index contributed by atoms with van der Waals surface area (Å²) >= 11 is 0. The van der Waals surface area contributed by atoms with Crippen molar-refractivity contribution in [1.29, 1.82) is 0 Å². The number of anilines is 2. The summed E-state index contributed by atoms with van der Waals surface area (Å²) in [5.41, 5.74) is 5.46. The van der Waals surface area contributed by atoms with E-state index in [-0.39, 0.29) is 42.3 Å². The third-order valence-electron chi connectivity index (χ3n) is 4.40. The van der Waals surface area contributed by atoms with Gasteiger partial charge in [-0.2, -0.15) is 8.78 Å². The van der Waals surface area contributed by atoms with Crippen molar-refractivity contribution in [2.45, 2.75) is 33.4 Å². The number of hydrogen-bond acceptors (Lipinski definition) is 6. The molecule has 3 amide bonds. The molecule has 1 aromatic carbocycles. The number of benzene rings is 1. The highest BCUT2D eigenvalue weighted by Crippen LogP contribution is 2.33. The van der Waals surface area contributed by atoms with Gasteiger partial charge in [0.2, 0.25) is 5.91 Å². The van der Waals surface area contributed by atoms with Gasteiger partial charge < -0.3 is 25.4 Å². The molecule has 0 radical (unpaired) electrons. The van der Waals surface area contributed by atoms with Gasteiger partial charge in [0.25, 0.3) is 11.8 Å². The van der Waals surface area contributed by atoms with E-state index in [1.807, 2.05) is 20.8 Å². The summed E-state index contributed by atoms with van der Waals surface area (Å²) < 4.78 is 35.5. The molecule has 1 atom stereocenters. The number of carbonyl (C=O) groups is 3. The Labute approximate surface area is 179 Å². The molecule has 0 aromatic heterocycles. The quantitative estimate of drug-likeness (QED) is 0.589. The average molecular weight is 442 g/mol. The second-order valence-electron chi connectivity index (χ2n) is 8.43. The van der Waals surface area contributed by atoms with E-state index >= 15 is 0 Å². The van der Waals surface area contributed by atoms with E-state index in [9.17, 15) is 23.2 Å². The Kier molecular flexibility index (Phi) is 7.91. The molecule has 2 rings (SSSR count). The molecule has 0 saturated carbocycles. The number of halogens is 2. The number of ether oxygens (including phenoxy) is 2. The lowest BCUT2D eigenvalue weighted by atomic mass is 9.95. The van der Waals surface area contributed by atoms with Crippen molar-refractivity contribution < 1.29 is 32.6 Å². The summed E-state index contributed by atoms with van der Waals surface area (Å²) in [4.78, 5) is 39.5. The highest BCUT2D eigenvalue weighted by Gasteiger charge is 2.32. The summed E-state index contributed by atoms with van der Waals surface area (Å²) in [6.07, 6.45) is 0. The first-order chi connectivity index (χ1) is 14.4. The molecule has 31 heavy (non-hydrogen) atoms. The summed E-state index contributed by atoms with van der Waals surface area (Å²) in [7, 11) is 1.60. The highest BCUT2D eigenvalue weighted by atomic mass is 19.3. The SMILES string of the molecule is CN(CC(C)(C)C)[C@@H](C(N)=O)C(=O)Nc1ccc(N2CCOCC2=O)c(OC(F)F)c1. The zero-order chi connectivity index (χ0) is 23.3. The average Bonchev–Trinajstić information content (AvgIpc) is 2.60. The maximum absolute atomic E-state index is 13.0. The van der Waals surface area contributed by atoms with Crippen LogP contribution in [0.5, 0.6) is 5.75 Å². The molecule has 9 nitrogen and oxygen atoms in total. The van der Waals surface area contributed by atoms with Crippen molar-refractivity contribution >= 4 is 29.1 Å². The van der Waals surface area contributed by atoms with Crippen molar-refractivity contribution in [2.24, 2.45) is 11.1 Å². The summed E-state index contributed by atoms with van der Waals surface area (Å²) in [6.45, 7) is 3.34. The smallest absolute Gasteiger partial charge is 0.387 e. The van der Waals surface area contributed by atoms with Crippen molar-refractivity contribution in [2.75, 3.05) is 43.6 Å². The highest BCUT2D eigenvalue weighted by molar-refractivity contribution is 6.09. The first kappa shape index (κ1) is 24.5. The maximum atomic E-state index is 13.0. The van der Waals surface area contributed by atoms with E-state index in [1.165, 1.54) is 28.0 Å². The molecular weight excluding hydrogens is 414 g/mol. The third kappa shape index (κ3) is 6.86. The van der Waals surface area contributed by atoms with Gasteiger partial charge in [0.05, 0.1) is 12.3 Å². The second-order valence-corrected chi connectivity index (χ2v) is 8.43. The number of rotatable bonds is 8. The van der Waals surface area contributed by atoms with Gasteiger partial charge in [0, 0.05) is 24.8 Å². The molecule has 3 N–H and O–H groups in total. The van der Waals surface area contributed by atoms with Crippen LogP contribution in [0.2, 0.25) is 0 Å². The van der Waals surface area contributed by atoms with Crippen LogP contribution in [-0.2, 0) is 19.1 Å². The van der Waals surface area contributed by atoms with E-state index < -0.39 is 30.4 Å². The Morgan fingerprint density at radius 2 is 2.03 bits per heavy atom. The molecule has 0 aliphatic carbocycles. The van der Waals surface area contributed by atoms with Crippen molar-refractivity contribution in [3.63, 3.8) is 0 Å². The van der Waals surface area contributed by atoms with E-state index in [1.54, 1.807) is 7.05 Å². The number of nitrogens with two attached hydrogens (primary N) is 1. The molecule has 11 heteroatoms. The van der Waals surface area contributed by atoms with Gasteiger partial charge >= 0.3 is 6.61 Å². The Balaban J connectivity index is 2.27. The molecule has 1 heterocycles. The molecule has 172 valence electrons. The van der Waals surface area contributed by atoms with Crippen LogP contribution in [0.4, 0.5) is 20.2 Å². The number of primary amides is 1. The number of hydrogen-bond donors (Lipinski definition) is 2. The lowest BCUT2D eigenvalue weighted by Gasteiger charge is -2.31. The zero-order valence-electron chi connectivity index (χ0n) is 18.0. The Hall–Kier alpha value is -2.79. The third-order valence-corrected chi connectivity index (χ3v) is 4.40. The molecule has 1 fully saturated rings. The van der Waals surface area contributed by atoms with Crippen LogP contribution < -0.4 is 20.7 Å². The van der Waals surface area contributed by atoms with Crippen LogP contribution in [0.25, 0.3) is 0 Å². The van der Waals surface area contributed by atoms with Gasteiger partial charge in [-0.25, -0.2) is 0 Å². The predicted molar refractivity (Wildman–Crippen MR) is 110 cm³/mol. The summed E-state index contributed by atoms with van der Waals surface area (Å²) in [6, 6.07) is 2.72. The fraction of sp³-hybridized carbons (Fsp3) is 0.550. The maximum Gasteiger partial charge on any atom is 0.387 e. The van der Waals surface area contributed by atoms with Gasteiger partial charge in [0.15, 0.2) is 11.8 Å². The lowest BCUT2D eigenvalue weighted by Crippen LogP contribution is -2.52. The monoisotopic (exact) mass is 442 g/mol. The molecule has 1 aliphatic rings. The van der Waals surface area contributed by atoms with Crippen LogP contribution >= 0.6 is 0 Å². The number of nitrogens with one attached hydrogen (secondary N) is 1. The van der Waals surface area contributed by atoms with Crippen LogP contribution in [0, 0.1) is 5.41 Å². The summed E-state index contributed by atoms with van der Waals surface area (Å²) in [5, 5.41) is 2.51. The largest absolute Gasteiger partial charge is 0.433 e. The number of alkyl halides is 2. The number of nitrogens with zero attached hydrogens (tertiary/aromatic N) is 2. The lowest BCUT2D eigenvalue weighted by molar-refractivity contribution is -0.132. The standard InChI is InChI=1S/C20H28F2N4O5/c1-20(2,3)11-25(4)16(17(23)28)18(29)24-12-5-6-13(14(9-12)31-19(21)22)26-7-8-30-10-15(26)27/h5-6,9,16,19H,7-8,10-11H2,1-4H3,(H2,23,28)(H,24,29)/t16-/m0/s1. The molecule has 0 spiro atoms. The van der Waals surface area contributed by atoms with Gasteiger partial charge in [-0.05, 0) is 24.6 Å². The Bertz CT molecular complexity index is 828. The van der Waals surface area contributed by atoms with Crippen LogP contribution in [0.3, 0.4) is 0 Å². The second kappa shape index (κ2) is 10.0. The molecule has 1 aromatic rings. The van der Waals surface area contributed by atoms with Gasteiger partial charge in [-0.15, -0.1) is 0 Å². The number of amides is 3. The van der Waals surface area contributed by atoms with Crippen molar-refractivity contribution in [3.8, 4) is 5.75 Å². The first-order valence-corrected chi connectivity index (χ1v) is 9.66. The molecule has 0 unspecified atom stereocenters. The molecule has 1 aliphatic heterocycles. The van der Waals surface area contributed by atoms with Crippen LogP contribution in [0.15, 0.2) is 18.2 Å². The minimum Gasteiger partial charge on any atom is -0.433 e. The van der Waals surface area contributed by atoms with Crippen molar-refractivity contribution in [3.05, 3.63) is 18.2 Å². The van der Waals surface area contributed by atoms with E-state index in [2.05, 4.69) is 10.1 Å². The van der Waals surface area contributed by atoms with Crippen LogP contribution in [-0.4, -0.2) is 68.6 Å². The first-order valence-electron chi connectivity index (χ1n) is 9.66. The van der Waals surface area contributed by atoms with E-state index in [0.717, 1.165) is 0 Å². The fourth-order valence-corrected chi connectivity index (χ4v) is 3.37. The normalized spacial score (nSPS) is 15.9. The van der Waals surface area contributed by atoms with Gasteiger partial charge in [0.1, 0.15) is 6.61 Å². The van der Waals surface area contributed by atoms with Gasteiger partial charge in [-0.3, -0.25) is 19.3 Å². The molecule has 1 saturated heterocycles. The zero-order valence-corrected chi connectivity index (χ0v) is 18.0. The van der Waals surface area contributed by atoms with Gasteiger partial charge in [-0.1, -0.05) is 20.8 Å². The number of morpholine rings is 1. The predicted octanol–water partition coefficient (Wildman–Crippen LogP) is 1.42. The number of likely N-dealkylation sites (N-methyl/N-ethyl adjacent to an activating group) is 1.